The average Bonchev–Trinajstić information content (AvgIpc) is 3.46. The number of likely N-dealkylation sites (tertiary alicyclic amines) is 1. The third kappa shape index (κ3) is 2.95. The summed E-state index contributed by atoms with van der Waals surface area (Å²) < 4.78 is 1.46. The first-order valence-corrected chi connectivity index (χ1v) is 11.3. The van der Waals surface area contributed by atoms with E-state index < -0.39 is 0 Å². The fourth-order valence-electron chi connectivity index (χ4n) is 5.66. The molecule has 1 aromatic carbocycles. The number of nitrogens with one attached hydrogen (secondary N) is 2. The Kier molecular flexibility index (Phi) is 4.19. The molecule has 1 aliphatic heterocycles. The topological polar surface area (TPSA) is 78.3 Å². The highest BCUT2D eigenvalue weighted by Gasteiger charge is 2.25. The first-order chi connectivity index (χ1) is 14.7. The molecule has 7 nitrogen and oxygen atoms in total. The van der Waals surface area contributed by atoms with E-state index in [0.29, 0.717) is 17.6 Å². The molecule has 6 rings (SSSR count). The Balaban J connectivity index is 1.38. The van der Waals surface area contributed by atoms with Gasteiger partial charge in [-0.1, -0.05) is 6.07 Å². The van der Waals surface area contributed by atoms with E-state index in [1.54, 1.807) is 6.07 Å². The van der Waals surface area contributed by atoms with Gasteiger partial charge in [-0.05, 0) is 87.2 Å². The van der Waals surface area contributed by atoms with Crippen LogP contribution in [0.5, 0.6) is 0 Å². The number of aryl methyl sites for hydroxylation is 2. The Labute approximate surface area is 175 Å². The quantitative estimate of drug-likeness (QED) is 0.702. The first-order valence-electron chi connectivity index (χ1n) is 11.3. The summed E-state index contributed by atoms with van der Waals surface area (Å²) in [5.41, 5.74) is 7.82. The molecule has 3 heterocycles. The number of hydrogen-bond acceptors (Lipinski definition) is 5. The maximum atomic E-state index is 12.8. The van der Waals surface area contributed by atoms with Gasteiger partial charge in [0.15, 0.2) is 0 Å². The maximum Gasteiger partial charge on any atom is 0.274 e. The van der Waals surface area contributed by atoms with Gasteiger partial charge in [-0.15, -0.1) is 0 Å². The minimum absolute atomic E-state index is 0.0905. The van der Waals surface area contributed by atoms with E-state index in [9.17, 15) is 4.79 Å². The van der Waals surface area contributed by atoms with Crippen molar-refractivity contribution in [2.45, 2.75) is 57.3 Å². The number of rotatable bonds is 3. The molecule has 0 amide bonds. The minimum Gasteiger partial charge on any atom is -0.324 e. The zero-order valence-electron chi connectivity index (χ0n) is 17.5. The van der Waals surface area contributed by atoms with Crippen molar-refractivity contribution in [2.75, 3.05) is 25.5 Å². The van der Waals surface area contributed by atoms with Crippen LogP contribution in [0.4, 0.5) is 11.6 Å². The molecule has 30 heavy (non-hydrogen) atoms. The largest absolute Gasteiger partial charge is 0.324 e. The van der Waals surface area contributed by atoms with Crippen LogP contribution in [-0.4, -0.2) is 44.6 Å². The summed E-state index contributed by atoms with van der Waals surface area (Å²) in [5, 5.41) is 6.70. The number of nitrogens with zero attached hydrogens (tertiary/aromatic N) is 4. The SMILES string of the molecule is CN1CCCC(c2cc(=O)n3[nH]c(Nc4c5c(cc6c4CCC6)CCC5)nc3n2)C1. The Bertz CT molecular complexity index is 1160. The van der Waals surface area contributed by atoms with Crippen molar-refractivity contribution in [3.05, 3.63) is 50.4 Å². The van der Waals surface area contributed by atoms with Gasteiger partial charge in [0.1, 0.15) is 0 Å². The van der Waals surface area contributed by atoms with Crippen LogP contribution in [0.3, 0.4) is 0 Å². The van der Waals surface area contributed by atoms with Gasteiger partial charge in [-0.2, -0.15) is 9.50 Å². The van der Waals surface area contributed by atoms with Gasteiger partial charge in [0.2, 0.25) is 5.95 Å². The Morgan fingerprint density at radius 1 is 1.03 bits per heavy atom. The van der Waals surface area contributed by atoms with Crippen molar-refractivity contribution in [3.63, 3.8) is 0 Å². The molecule has 0 saturated carbocycles. The van der Waals surface area contributed by atoms with Crippen LogP contribution in [0, 0.1) is 0 Å². The third-order valence-corrected chi connectivity index (χ3v) is 7.11. The average molecular weight is 405 g/mol. The van der Waals surface area contributed by atoms with Gasteiger partial charge < -0.3 is 10.2 Å². The number of fused-ring (bicyclic) bond motifs is 3. The molecule has 2 N–H and O–H groups in total. The lowest BCUT2D eigenvalue weighted by Crippen LogP contribution is -2.32. The number of anilines is 2. The minimum atomic E-state index is -0.0905. The van der Waals surface area contributed by atoms with Crippen molar-refractivity contribution in [3.8, 4) is 0 Å². The number of hydrogen-bond donors (Lipinski definition) is 2. The molecule has 3 aromatic rings. The number of benzene rings is 1. The smallest absolute Gasteiger partial charge is 0.274 e. The summed E-state index contributed by atoms with van der Waals surface area (Å²) in [6.07, 6.45) is 9.20. The molecule has 1 atom stereocenters. The summed E-state index contributed by atoms with van der Waals surface area (Å²) in [7, 11) is 2.13. The molecule has 1 fully saturated rings. The van der Waals surface area contributed by atoms with E-state index in [4.69, 9.17) is 4.98 Å². The number of piperidine rings is 1. The van der Waals surface area contributed by atoms with Crippen molar-refractivity contribution >= 4 is 17.4 Å². The molecule has 1 unspecified atom stereocenters. The van der Waals surface area contributed by atoms with Gasteiger partial charge >= 0.3 is 0 Å². The van der Waals surface area contributed by atoms with Crippen molar-refractivity contribution in [1.29, 1.82) is 0 Å². The standard InChI is InChI=1S/C23H28N6O/c1-28-10-4-7-16(13-28)19-12-20(30)29-23(24-19)26-22(27-29)25-21-17-8-2-5-14(17)11-15-6-3-9-18(15)21/h11-12,16H,2-10,13H2,1H3,(H2,24,25,26,27). The fourth-order valence-corrected chi connectivity index (χ4v) is 5.66. The lowest BCUT2D eigenvalue weighted by molar-refractivity contribution is 0.248. The molecule has 0 bridgehead atoms. The predicted octanol–water partition coefficient (Wildman–Crippen LogP) is 2.95. The summed E-state index contributed by atoms with van der Waals surface area (Å²) in [6.45, 7) is 2.06. The van der Waals surface area contributed by atoms with Crippen LogP contribution in [0.15, 0.2) is 16.9 Å². The molecule has 0 radical (unpaired) electrons. The van der Waals surface area contributed by atoms with E-state index >= 15 is 0 Å². The third-order valence-electron chi connectivity index (χ3n) is 7.11. The molecule has 2 aromatic heterocycles. The van der Waals surface area contributed by atoms with Crippen LogP contribution in [-0.2, 0) is 25.7 Å². The fraction of sp³-hybridized carbons (Fsp3) is 0.522. The molecule has 3 aliphatic rings. The van der Waals surface area contributed by atoms with Crippen LogP contribution < -0.4 is 10.9 Å². The molecule has 2 aliphatic carbocycles. The second-order valence-electron chi connectivity index (χ2n) is 9.19. The number of aromatic nitrogens is 4. The summed E-state index contributed by atoms with van der Waals surface area (Å²) in [4.78, 5) is 24.5. The second-order valence-corrected chi connectivity index (χ2v) is 9.19. The molecular weight excluding hydrogens is 376 g/mol. The maximum absolute atomic E-state index is 12.8. The molecule has 0 spiro atoms. The number of likely N-dealkylation sites (N-methyl/N-ethyl adjacent to an activating group) is 1. The normalized spacial score (nSPS) is 21.2. The Morgan fingerprint density at radius 2 is 1.80 bits per heavy atom. The lowest BCUT2D eigenvalue weighted by Gasteiger charge is -2.28. The van der Waals surface area contributed by atoms with Crippen LogP contribution >= 0.6 is 0 Å². The number of aromatic amines is 1. The zero-order valence-corrected chi connectivity index (χ0v) is 17.5. The van der Waals surface area contributed by atoms with Crippen LogP contribution in [0.1, 0.15) is 59.5 Å². The van der Waals surface area contributed by atoms with E-state index in [1.165, 1.54) is 45.3 Å². The van der Waals surface area contributed by atoms with Crippen molar-refractivity contribution < 1.29 is 0 Å². The van der Waals surface area contributed by atoms with E-state index in [0.717, 1.165) is 57.3 Å². The number of H-pyrrole nitrogens is 1. The Hall–Kier alpha value is -2.67. The van der Waals surface area contributed by atoms with Gasteiger partial charge in [0.05, 0.1) is 5.69 Å². The monoisotopic (exact) mass is 404 g/mol. The van der Waals surface area contributed by atoms with Crippen molar-refractivity contribution in [2.24, 2.45) is 0 Å². The van der Waals surface area contributed by atoms with Crippen LogP contribution in [0.25, 0.3) is 5.78 Å². The van der Waals surface area contributed by atoms with Gasteiger partial charge in [0, 0.05) is 24.2 Å². The highest BCUT2D eigenvalue weighted by Crippen LogP contribution is 2.39. The highest BCUT2D eigenvalue weighted by atomic mass is 16.1. The Morgan fingerprint density at radius 3 is 2.53 bits per heavy atom. The lowest BCUT2D eigenvalue weighted by atomic mass is 9.95. The van der Waals surface area contributed by atoms with E-state index in [-0.39, 0.29) is 5.56 Å². The van der Waals surface area contributed by atoms with E-state index in [2.05, 4.69) is 33.4 Å². The van der Waals surface area contributed by atoms with Crippen LogP contribution in [0.2, 0.25) is 0 Å². The zero-order chi connectivity index (χ0) is 20.2. The van der Waals surface area contributed by atoms with Crippen molar-refractivity contribution in [1.82, 2.24) is 24.5 Å². The molecular formula is C23H28N6O. The summed E-state index contributed by atoms with van der Waals surface area (Å²) in [5.74, 6) is 1.36. The molecule has 156 valence electrons. The van der Waals surface area contributed by atoms with Gasteiger partial charge in [0.25, 0.3) is 11.3 Å². The first kappa shape index (κ1) is 18.1. The predicted molar refractivity (Wildman–Crippen MR) is 117 cm³/mol. The van der Waals surface area contributed by atoms with Gasteiger partial charge in [-0.25, -0.2) is 4.98 Å². The molecule has 1 saturated heterocycles. The van der Waals surface area contributed by atoms with Gasteiger partial charge in [-0.3, -0.25) is 9.89 Å². The summed E-state index contributed by atoms with van der Waals surface area (Å²) in [6, 6.07) is 4.10. The van der Waals surface area contributed by atoms with E-state index in [1.807, 2.05) is 0 Å². The molecule has 7 heteroatoms. The summed E-state index contributed by atoms with van der Waals surface area (Å²) >= 11 is 0. The second kappa shape index (κ2) is 6.94. The highest BCUT2D eigenvalue weighted by molar-refractivity contribution is 5.70.